The van der Waals surface area contributed by atoms with Crippen LogP contribution in [0.3, 0.4) is 0 Å². The molecule has 24 heavy (non-hydrogen) atoms. The number of carbonyl (C=O) groups is 1. The second-order valence-corrected chi connectivity index (χ2v) is 5.70. The van der Waals surface area contributed by atoms with E-state index in [0.29, 0.717) is 11.3 Å². The van der Waals surface area contributed by atoms with Crippen molar-refractivity contribution in [3.8, 4) is 5.75 Å². The number of methoxy groups -OCH3 is 1. The second-order valence-electron chi connectivity index (χ2n) is 4.85. The molecular weight excluding hydrogens is 337 g/mol. The number of benzene rings is 2. The highest BCUT2D eigenvalue weighted by Crippen LogP contribution is 2.32. The van der Waals surface area contributed by atoms with E-state index in [0.717, 1.165) is 17.0 Å². The Morgan fingerprint density at radius 3 is 2.50 bits per heavy atom. The van der Waals surface area contributed by atoms with Crippen LogP contribution in [0.15, 0.2) is 53.4 Å². The zero-order valence-electron chi connectivity index (χ0n) is 13.1. The molecule has 0 fully saturated rings. The van der Waals surface area contributed by atoms with E-state index in [1.165, 1.54) is 43.1 Å². The predicted molar refractivity (Wildman–Crippen MR) is 89.6 cm³/mol. The summed E-state index contributed by atoms with van der Waals surface area (Å²) in [5, 5.41) is 0. The summed E-state index contributed by atoms with van der Waals surface area (Å²) in [6.07, 6.45) is -0.265. The second kappa shape index (κ2) is 7.57. The lowest BCUT2D eigenvalue weighted by molar-refractivity contribution is -0.137. The Morgan fingerprint density at radius 1 is 1.17 bits per heavy atom. The first-order valence-corrected chi connectivity index (χ1v) is 8.20. The number of allylic oxidation sites excluding steroid dienone is 1. The topological polar surface area (TPSA) is 26.3 Å². The molecule has 2 aromatic rings. The zero-order valence-corrected chi connectivity index (χ0v) is 13.9. The summed E-state index contributed by atoms with van der Waals surface area (Å²) in [5.41, 5.74) is -0.471. The van der Waals surface area contributed by atoms with Gasteiger partial charge in [-0.05, 0) is 42.2 Å². The van der Waals surface area contributed by atoms with Gasteiger partial charge in [-0.1, -0.05) is 24.3 Å². The van der Waals surface area contributed by atoms with Crippen LogP contribution < -0.4 is 4.74 Å². The summed E-state index contributed by atoms with van der Waals surface area (Å²) in [4.78, 5) is 13.1. The van der Waals surface area contributed by atoms with E-state index in [-0.39, 0.29) is 5.56 Å². The zero-order chi connectivity index (χ0) is 17.7. The maximum absolute atomic E-state index is 12.9. The van der Waals surface area contributed by atoms with E-state index in [4.69, 9.17) is 4.74 Å². The van der Waals surface area contributed by atoms with E-state index < -0.39 is 17.5 Å². The van der Waals surface area contributed by atoms with Gasteiger partial charge in [0.05, 0.1) is 12.7 Å². The van der Waals surface area contributed by atoms with Crippen molar-refractivity contribution in [1.29, 1.82) is 0 Å². The molecule has 0 saturated carbocycles. The van der Waals surface area contributed by atoms with Crippen LogP contribution >= 0.6 is 11.8 Å². The minimum absolute atomic E-state index is 0.0500. The summed E-state index contributed by atoms with van der Waals surface area (Å²) in [5.74, 6) is 0.162. The molecule has 126 valence electrons. The van der Waals surface area contributed by atoms with Crippen molar-refractivity contribution in [2.24, 2.45) is 0 Å². The quantitative estimate of drug-likeness (QED) is 0.413. The summed E-state index contributed by atoms with van der Waals surface area (Å²) in [6, 6.07) is 10.1. The van der Waals surface area contributed by atoms with E-state index in [1.54, 1.807) is 18.2 Å². The number of alkyl halides is 3. The van der Waals surface area contributed by atoms with Crippen LogP contribution in [0, 0.1) is 0 Å². The molecule has 0 saturated heterocycles. The highest BCUT2D eigenvalue weighted by Gasteiger charge is 2.32. The van der Waals surface area contributed by atoms with Gasteiger partial charge in [0.25, 0.3) is 0 Å². The van der Waals surface area contributed by atoms with Gasteiger partial charge in [-0.2, -0.15) is 13.2 Å². The van der Waals surface area contributed by atoms with Gasteiger partial charge in [0.1, 0.15) is 5.75 Å². The summed E-state index contributed by atoms with van der Waals surface area (Å²) in [6.45, 7) is 0. The molecule has 2 nitrogen and oxygen atoms in total. The first-order valence-electron chi connectivity index (χ1n) is 6.97. The third-order valence-corrected chi connectivity index (χ3v) is 4.13. The minimum atomic E-state index is -4.47. The molecule has 2 rings (SSSR count). The first kappa shape index (κ1) is 18.1. The van der Waals surface area contributed by atoms with Gasteiger partial charge in [0, 0.05) is 10.5 Å². The van der Waals surface area contributed by atoms with Crippen molar-refractivity contribution in [3.05, 3.63) is 65.2 Å². The summed E-state index contributed by atoms with van der Waals surface area (Å²) in [7, 11) is 1.50. The molecule has 0 N–H and O–H groups in total. The fraction of sp³-hybridized carbons (Fsp3) is 0.167. The smallest absolute Gasteiger partial charge is 0.416 e. The maximum Gasteiger partial charge on any atom is 0.416 e. The van der Waals surface area contributed by atoms with Crippen molar-refractivity contribution < 1.29 is 22.7 Å². The van der Waals surface area contributed by atoms with Crippen LogP contribution in [0.2, 0.25) is 0 Å². The van der Waals surface area contributed by atoms with E-state index >= 15 is 0 Å². The lowest BCUT2D eigenvalue weighted by atomic mass is 10.0. The Bertz CT molecular complexity index is 767. The maximum atomic E-state index is 12.9. The van der Waals surface area contributed by atoms with Crippen LogP contribution in [-0.4, -0.2) is 19.1 Å². The number of rotatable bonds is 5. The predicted octanol–water partition coefficient (Wildman–Crippen LogP) is 5.33. The van der Waals surface area contributed by atoms with Gasteiger partial charge in [-0.15, -0.1) is 11.8 Å². The molecule has 0 unspecified atom stereocenters. The molecule has 0 heterocycles. The number of ketones is 1. The van der Waals surface area contributed by atoms with Crippen molar-refractivity contribution in [2.45, 2.75) is 11.1 Å². The molecule has 0 atom stereocenters. The van der Waals surface area contributed by atoms with E-state index in [2.05, 4.69) is 0 Å². The molecular formula is C18H15F3O2S. The molecule has 0 bridgehead atoms. The number of carbonyl (C=O) groups excluding carboxylic acids is 1. The Morgan fingerprint density at radius 2 is 1.88 bits per heavy atom. The lowest BCUT2D eigenvalue weighted by Crippen LogP contribution is -2.07. The number of ether oxygens (including phenoxy) is 1. The fourth-order valence-electron chi connectivity index (χ4n) is 2.15. The van der Waals surface area contributed by atoms with Crippen LogP contribution in [0.5, 0.6) is 5.75 Å². The number of halogens is 3. The van der Waals surface area contributed by atoms with Crippen LogP contribution in [-0.2, 0) is 6.18 Å². The molecule has 0 aromatic heterocycles. The Labute approximate surface area is 142 Å². The third kappa shape index (κ3) is 4.20. The van der Waals surface area contributed by atoms with Crippen molar-refractivity contribution in [1.82, 2.24) is 0 Å². The fourth-order valence-corrected chi connectivity index (χ4v) is 2.70. The molecule has 2 aromatic carbocycles. The van der Waals surface area contributed by atoms with E-state index in [9.17, 15) is 18.0 Å². The Kier molecular flexibility index (Phi) is 5.72. The Hall–Kier alpha value is -2.21. The van der Waals surface area contributed by atoms with Crippen molar-refractivity contribution in [2.75, 3.05) is 13.4 Å². The van der Waals surface area contributed by atoms with Gasteiger partial charge in [-0.3, -0.25) is 4.79 Å². The van der Waals surface area contributed by atoms with Gasteiger partial charge < -0.3 is 4.74 Å². The molecule has 0 amide bonds. The van der Waals surface area contributed by atoms with Gasteiger partial charge >= 0.3 is 6.18 Å². The average Bonchev–Trinajstić information content (AvgIpc) is 2.58. The molecule has 6 heteroatoms. The lowest BCUT2D eigenvalue weighted by Gasteiger charge is -2.09. The van der Waals surface area contributed by atoms with Gasteiger partial charge in [0.2, 0.25) is 0 Å². The minimum Gasteiger partial charge on any atom is -0.496 e. The SMILES string of the molecule is COc1cc(C(=O)/C=C/c2ccccc2C(F)(F)F)ccc1SC. The summed E-state index contributed by atoms with van der Waals surface area (Å²) < 4.78 is 44.0. The first-order chi connectivity index (χ1) is 11.4. The van der Waals surface area contributed by atoms with Crippen LogP contribution in [0.4, 0.5) is 13.2 Å². The average molecular weight is 352 g/mol. The van der Waals surface area contributed by atoms with Crippen LogP contribution in [0.1, 0.15) is 21.5 Å². The third-order valence-electron chi connectivity index (χ3n) is 3.35. The molecule has 0 aliphatic carbocycles. The number of thioether (sulfide) groups is 1. The van der Waals surface area contributed by atoms with Gasteiger partial charge in [0.15, 0.2) is 5.78 Å². The van der Waals surface area contributed by atoms with E-state index in [1.807, 2.05) is 6.26 Å². The molecule has 0 radical (unpaired) electrons. The highest BCUT2D eigenvalue weighted by atomic mass is 32.2. The molecule has 0 aliphatic rings. The highest BCUT2D eigenvalue weighted by molar-refractivity contribution is 7.98. The molecule has 0 aliphatic heterocycles. The number of hydrogen-bond donors (Lipinski definition) is 0. The summed E-state index contributed by atoms with van der Waals surface area (Å²) >= 11 is 1.48. The standard InChI is InChI=1S/C18H15F3O2S/c1-23-16-11-13(8-10-17(16)24-2)15(22)9-7-12-5-3-4-6-14(12)18(19,20)21/h3-11H,1-2H3/b9-7+. The van der Waals surface area contributed by atoms with Crippen molar-refractivity contribution in [3.63, 3.8) is 0 Å². The van der Waals surface area contributed by atoms with Crippen LogP contribution in [0.25, 0.3) is 6.08 Å². The Balaban J connectivity index is 2.29. The molecule has 0 spiro atoms. The number of hydrogen-bond acceptors (Lipinski definition) is 3. The monoisotopic (exact) mass is 352 g/mol. The van der Waals surface area contributed by atoms with Gasteiger partial charge in [-0.25, -0.2) is 0 Å². The normalized spacial score (nSPS) is 11.7. The largest absolute Gasteiger partial charge is 0.496 e. The van der Waals surface area contributed by atoms with Crippen molar-refractivity contribution >= 4 is 23.6 Å².